The minimum Gasteiger partial charge on any atom is -0.443 e. The summed E-state index contributed by atoms with van der Waals surface area (Å²) in [6.07, 6.45) is 1.76. The maximum absolute atomic E-state index is 11.9. The number of hydrogen-bond donors (Lipinski definition) is 0. The Morgan fingerprint density at radius 2 is 2.00 bits per heavy atom. The summed E-state index contributed by atoms with van der Waals surface area (Å²) in [6.45, 7) is 5.74. The lowest BCUT2D eigenvalue weighted by Gasteiger charge is -2.23. The quantitative estimate of drug-likeness (QED) is 0.653. The third-order valence-corrected chi connectivity index (χ3v) is 2.15. The van der Waals surface area contributed by atoms with E-state index in [0.717, 1.165) is 4.90 Å². The van der Waals surface area contributed by atoms with Gasteiger partial charge >= 0.3 is 6.09 Å². The van der Waals surface area contributed by atoms with Crippen molar-refractivity contribution in [1.82, 2.24) is 9.80 Å². The molecule has 1 fully saturated rings. The Bertz CT molecular complexity index is 353. The number of rotatable bonds is 1. The van der Waals surface area contributed by atoms with E-state index in [1.54, 1.807) is 31.9 Å². The van der Waals surface area contributed by atoms with Crippen LogP contribution >= 0.6 is 0 Å². The molecule has 0 saturated carbocycles. The molecule has 1 aliphatic heterocycles. The number of likely N-dealkylation sites (tertiary alicyclic amines) is 1. The van der Waals surface area contributed by atoms with Gasteiger partial charge < -0.3 is 9.64 Å². The second-order valence-electron chi connectivity index (χ2n) is 5.31. The van der Waals surface area contributed by atoms with Crippen LogP contribution in [0.5, 0.6) is 0 Å². The summed E-state index contributed by atoms with van der Waals surface area (Å²) in [5.41, 5.74) is 0.0617. The van der Waals surface area contributed by atoms with Crippen molar-refractivity contribution in [3.05, 3.63) is 11.8 Å². The van der Waals surface area contributed by atoms with E-state index in [4.69, 9.17) is 4.74 Å². The summed E-state index contributed by atoms with van der Waals surface area (Å²) in [6, 6.07) is 0. The maximum atomic E-state index is 11.9. The average molecular weight is 240 g/mol. The van der Waals surface area contributed by atoms with Gasteiger partial charge in [0.1, 0.15) is 5.60 Å². The van der Waals surface area contributed by atoms with Gasteiger partial charge in [-0.3, -0.25) is 4.79 Å². The zero-order valence-electron chi connectivity index (χ0n) is 11.1. The Kier molecular flexibility index (Phi) is 3.80. The SMILES string of the molecule is CN(C)/C=C1\CCN(C(=O)OC(C)(C)C)C1=O. The van der Waals surface area contributed by atoms with Crippen molar-refractivity contribution in [3.8, 4) is 0 Å². The van der Waals surface area contributed by atoms with Crippen LogP contribution in [0.4, 0.5) is 4.79 Å². The largest absolute Gasteiger partial charge is 0.443 e. The number of nitrogens with zero attached hydrogens (tertiary/aromatic N) is 2. The van der Waals surface area contributed by atoms with Crippen molar-refractivity contribution in [1.29, 1.82) is 0 Å². The van der Waals surface area contributed by atoms with E-state index in [0.29, 0.717) is 18.5 Å². The van der Waals surface area contributed by atoms with Gasteiger partial charge in [0, 0.05) is 32.4 Å². The standard InChI is InChI=1S/C12H20N2O3/c1-12(2,3)17-11(16)14-7-6-9(10(14)15)8-13(4)5/h8H,6-7H2,1-5H3/b9-8+. The Labute approximate surface area is 102 Å². The van der Waals surface area contributed by atoms with Gasteiger partial charge in [-0.2, -0.15) is 0 Å². The fourth-order valence-corrected chi connectivity index (χ4v) is 1.54. The smallest absolute Gasteiger partial charge is 0.417 e. The molecule has 5 heteroatoms. The summed E-state index contributed by atoms with van der Waals surface area (Å²) >= 11 is 0. The van der Waals surface area contributed by atoms with Crippen LogP contribution in [-0.2, 0) is 9.53 Å². The van der Waals surface area contributed by atoms with Gasteiger partial charge in [0.05, 0.1) is 0 Å². The lowest BCUT2D eigenvalue weighted by molar-refractivity contribution is -0.124. The highest BCUT2D eigenvalue weighted by atomic mass is 16.6. The molecule has 0 aromatic carbocycles. The molecule has 0 spiro atoms. The highest BCUT2D eigenvalue weighted by molar-refractivity contribution is 6.04. The summed E-state index contributed by atoms with van der Waals surface area (Å²) in [7, 11) is 3.69. The Morgan fingerprint density at radius 1 is 1.41 bits per heavy atom. The van der Waals surface area contributed by atoms with Crippen LogP contribution in [0.1, 0.15) is 27.2 Å². The summed E-state index contributed by atoms with van der Waals surface area (Å²) in [5, 5.41) is 0. The lowest BCUT2D eigenvalue weighted by atomic mass is 10.2. The molecule has 0 aliphatic carbocycles. The molecule has 1 saturated heterocycles. The van der Waals surface area contributed by atoms with Crippen molar-refractivity contribution in [2.45, 2.75) is 32.8 Å². The van der Waals surface area contributed by atoms with E-state index < -0.39 is 11.7 Å². The first-order valence-electron chi connectivity index (χ1n) is 5.62. The van der Waals surface area contributed by atoms with Gasteiger partial charge in [0.2, 0.25) is 0 Å². The summed E-state index contributed by atoms with van der Waals surface area (Å²) in [5.74, 6) is -0.257. The van der Waals surface area contributed by atoms with E-state index in [1.807, 2.05) is 14.1 Å². The van der Waals surface area contributed by atoms with Crippen LogP contribution in [0, 0.1) is 0 Å². The topological polar surface area (TPSA) is 49.9 Å². The van der Waals surface area contributed by atoms with Crippen LogP contribution in [0.2, 0.25) is 0 Å². The maximum Gasteiger partial charge on any atom is 0.417 e. The molecule has 17 heavy (non-hydrogen) atoms. The fourth-order valence-electron chi connectivity index (χ4n) is 1.54. The van der Waals surface area contributed by atoms with Crippen LogP contribution < -0.4 is 0 Å². The molecule has 1 rings (SSSR count). The molecule has 0 radical (unpaired) electrons. The van der Waals surface area contributed by atoms with E-state index in [2.05, 4.69) is 0 Å². The predicted molar refractivity (Wildman–Crippen MR) is 64.3 cm³/mol. The molecule has 0 atom stereocenters. The highest BCUT2D eigenvalue weighted by Crippen LogP contribution is 2.20. The molecule has 1 aliphatic rings. The van der Waals surface area contributed by atoms with Crippen molar-refractivity contribution >= 4 is 12.0 Å². The van der Waals surface area contributed by atoms with Crippen molar-refractivity contribution in [3.63, 3.8) is 0 Å². The first-order valence-corrected chi connectivity index (χ1v) is 5.62. The third kappa shape index (κ3) is 3.76. The minimum absolute atomic E-state index is 0.257. The van der Waals surface area contributed by atoms with Gasteiger partial charge in [-0.1, -0.05) is 0 Å². The predicted octanol–water partition coefficient (Wildman–Crippen LogP) is 1.60. The molecule has 0 aromatic heterocycles. The molecule has 0 bridgehead atoms. The monoisotopic (exact) mass is 240 g/mol. The van der Waals surface area contributed by atoms with E-state index in [1.165, 1.54) is 0 Å². The van der Waals surface area contributed by atoms with E-state index in [9.17, 15) is 9.59 Å². The Morgan fingerprint density at radius 3 is 2.47 bits per heavy atom. The Balaban J connectivity index is 2.71. The van der Waals surface area contributed by atoms with Gasteiger partial charge in [-0.15, -0.1) is 0 Å². The zero-order valence-corrected chi connectivity index (χ0v) is 11.1. The molecule has 0 N–H and O–H groups in total. The zero-order chi connectivity index (χ0) is 13.2. The molecule has 2 amide bonds. The van der Waals surface area contributed by atoms with Crippen molar-refractivity contribution in [2.24, 2.45) is 0 Å². The van der Waals surface area contributed by atoms with Crippen LogP contribution in [-0.4, -0.2) is 48.0 Å². The number of imide groups is 1. The molecular formula is C12H20N2O3. The van der Waals surface area contributed by atoms with Gasteiger partial charge in [0.25, 0.3) is 5.91 Å². The van der Waals surface area contributed by atoms with Crippen LogP contribution in [0.25, 0.3) is 0 Å². The first-order chi connectivity index (χ1) is 7.70. The molecule has 1 heterocycles. The number of hydrogen-bond acceptors (Lipinski definition) is 4. The second-order valence-corrected chi connectivity index (χ2v) is 5.31. The molecule has 96 valence electrons. The van der Waals surface area contributed by atoms with E-state index in [-0.39, 0.29) is 5.91 Å². The van der Waals surface area contributed by atoms with Crippen LogP contribution in [0.15, 0.2) is 11.8 Å². The number of carbonyl (C=O) groups is 2. The van der Waals surface area contributed by atoms with Crippen molar-refractivity contribution in [2.75, 3.05) is 20.6 Å². The first kappa shape index (κ1) is 13.5. The Hall–Kier alpha value is -1.52. The third-order valence-electron chi connectivity index (χ3n) is 2.15. The van der Waals surface area contributed by atoms with Gasteiger partial charge in [-0.05, 0) is 27.2 Å². The van der Waals surface area contributed by atoms with Gasteiger partial charge in [-0.25, -0.2) is 9.69 Å². The molecule has 0 aromatic rings. The summed E-state index contributed by atoms with van der Waals surface area (Å²) in [4.78, 5) is 26.6. The van der Waals surface area contributed by atoms with Crippen LogP contribution in [0.3, 0.4) is 0 Å². The fraction of sp³-hybridized carbons (Fsp3) is 0.667. The van der Waals surface area contributed by atoms with Crippen molar-refractivity contribution < 1.29 is 14.3 Å². The second kappa shape index (κ2) is 4.77. The van der Waals surface area contributed by atoms with E-state index >= 15 is 0 Å². The molecular weight excluding hydrogens is 220 g/mol. The minimum atomic E-state index is -0.578. The molecule has 5 nitrogen and oxygen atoms in total. The average Bonchev–Trinajstić information content (AvgIpc) is 2.44. The highest BCUT2D eigenvalue weighted by Gasteiger charge is 2.34. The molecule has 0 unspecified atom stereocenters. The number of ether oxygens (including phenoxy) is 1. The number of amides is 2. The normalized spacial score (nSPS) is 18.8. The lowest BCUT2D eigenvalue weighted by Crippen LogP contribution is -2.37. The number of carbonyl (C=O) groups excluding carboxylic acids is 2. The summed E-state index contributed by atoms with van der Waals surface area (Å²) < 4.78 is 5.17. The van der Waals surface area contributed by atoms with Gasteiger partial charge in [0.15, 0.2) is 0 Å².